The molecule has 1 aromatic heterocycles. The van der Waals surface area contributed by atoms with Crippen molar-refractivity contribution in [3.63, 3.8) is 0 Å². The van der Waals surface area contributed by atoms with Crippen molar-refractivity contribution in [2.75, 3.05) is 0 Å². The Balaban J connectivity index is 2.23. The Kier molecular flexibility index (Phi) is 3.76. The molecular formula is C16H12Br2N2. The van der Waals surface area contributed by atoms with Crippen molar-refractivity contribution in [3.05, 3.63) is 64.1 Å². The van der Waals surface area contributed by atoms with Gasteiger partial charge in [0.15, 0.2) is 0 Å². The minimum atomic E-state index is 0.700. The molecule has 20 heavy (non-hydrogen) atoms. The fourth-order valence-corrected chi connectivity index (χ4v) is 2.74. The van der Waals surface area contributed by atoms with Gasteiger partial charge < -0.3 is 4.57 Å². The molecule has 0 saturated heterocycles. The van der Waals surface area contributed by atoms with Crippen molar-refractivity contribution in [2.45, 2.75) is 6.54 Å². The van der Waals surface area contributed by atoms with E-state index in [9.17, 15) is 0 Å². The van der Waals surface area contributed by atoms with Crippen molar-refractivity contribution in [2.24, 2.45) is 0 Å². The van der Waals surface area contributed by atoms with Gasteiger partial charge in [-0.25, -0.2) is 4.98 Å². The molecule has 0 aliphatic carbocycles. The molecule has 100 valence electrons. The predicted molar refractivity (Wildman–Crippen MR) is 90.9 cm³/mol. The van der Waals surface area contributed by atoms with Crippen LogP contribution in [0.15, 0.2) is 64.1 Å². The van der Waals surface area contributed by atoms with Gasteiger partial charge in [-0.2, -0.15) is 0 Å². The van der Waals surface area contributed by atoms with Gasteiger partial charge >= 0.3 is 0 Å². The number of rotatable bonds is 3. The van der Waals surface area contributed by atoms with E-state index < -0.39 is 0 Å². The van der Waals surface area contributed by atoms with Gasteiger partial charge in [-0.05, 0) is 24.3 Å². The zero-order valence-corrected chi connectivity index (χ0v) is 13.9. The van der Waals surface area contributed by atoms with E-state index in [1.807, 2.05) is 30.3 Å². The molecule has 0 amide bonds. The Morgan fingerprint density at radius 1 is 1.10 bits per heavy atom. The van der Waals surface area contributed by atoms with Crippen LogP contribution >= 0.6 is 31.9 Å². The number of para-hydroxylation sites is 2. The molecule has 3 aromatic rings. The molecule has 0 spiro atoms. The monoisotopic (exact) mass is 390 g/mol. The summed E-state index contributed by atoms with van der Waals surface area (Å²) >= 11 is 6.91. The summed E-state index contributed by atoms with van der Waals surface area (Å²) in [7, 11) is 0. The minimum absolute atomic E-state index is 0.700. The van der Waals surface area contributed by atoms with Gasteiger partial charge in [-0.3, -0.25) is 0 Å². The summed E-state index contributed by atoms with van der Waals surface area (Å²) in [6.07, 6.45) is 0. The number of halogens is 2. The molecule has 0 unspecified atom stereocenters. The lowest BCUT2D eigenvalue weighted by Crippen LogP contribution is -2.00. The fraction of sp³-hybridized carbons (Fsp3) is 0.0625. The van der Waals surface area contributed by atoms with Gasteiger partial charge in [0.1, 0.15) is 5.82 Å². The number of imidazole rings is 1. The van der Waals surface area contributed by atoms with Crippen LogP contribution in [0.2, 0.25) is 0 Å². The second kappa shape index (κ2) is 5.54. The highest BCUT2D eigenvalue weighted by atomic mass is 79.9. The summed E-state index contributed by atoms with van der Waals surface area (Å²) in [5.41, 5.74) is 3.21. The van der Waals surface area contributed by atoms with Crippen LogP contribution in [0, 0.1) is 0 Å². The predicted octanol–water partition coefficient (Wildman–Crippen LogP) is 5.37. The van der Waals surface area contributed by atoms with Crippen molar-refractivity contribution < 1.29 is 0 Å². The average molecular weight is 392 g/mol. The minimum Gasteiger partial charge on any atom is -0.319 e. The number of benzene rings is 2. The number of fused-ring (bicyclic) bond motifs is 1. The van der Waals surface area contributed by atoms with Crippen molar-refractivity contribution >= 4 is 42.9 Å². The third-order valence-corrected chi connectivity index (χ3v) is 3.87. The summed E-state index contributed by atoms with van der Waals surface area (Å²) in [5.74, 6) is 0.958. The van der Waals surface area contributed by atoms with Crippen LogP contribution < -0.4 is 0 Å². The molecular weight excluding hydrogens is 380 g/mol. The van der Waals surface area contributed by atoms with Crippen molar-refractivity contribution in [1.29, 1.82) is 0 Å². The molecule has 0 aliphatic heterocycles. The summed E-state index contributed by atoms with van der Waals surface area (Å²) in [6.45, 7) is 4.65. The number of aromatic nitrogens is 2. The largest absolute Gasteiger partial charge is 0.319 e. The molecule has 0 bridgehead atoms. The average Bonchev–Trinajstić information content (AvgIpc) is 2.78. The summed E-state index contributed by atoms with van der Waals surface area (Å²) in [5, 5.41) is 0. The number of allylic oxidation sites excluding steroid dienone is 1. The normalized spacial score (nSPS) is 10.9. The highest BCUT2D eigenvalue weighted by Crippen LogP contribution is 2.27. The molecule has 0 atom stereocenters. The zero-order valence-electron chi connectivity index (χ0n) is 10.7. The van der Waals surface area contributed by atoms with Crippen molar-refractivity contribution in [3.8, 4) is 11.4 Å². The van der Waals surface area contributed by atoms with Crippen molar-refractivity contribution in [1.82, 2.24) is 9.55 Å². The number of nitrogens with zero attached hydrogens (tertiary/aromatic N) is 2. The van der Waals surface area contributed by atoms with Gasteiger partial charge in [0.25, 0.3) is 0 Å². The molecule has 2 aromatic carbocycles. The van der Waals surface area contributed by atoms with E-state index >= 15 is 0 Å². The SMILES string of the molecule is C=C(Br)Cn1c(-c2ccc(Br)cc2)nc2ccccc21. The molecule has 0 radical (unpaired) electrons. The zero-order chi connectivity index (χ0) is 14.1. The lowest BCUT2D eigenvalue weighted by atomic mass is 10.2. The topological polar surface area (TPSA) is 17.8 Å². The molecule has 0 aliphatic rings. The Labute approximate surface area is 134 Å². The van der Waals surface area contributed by atoms with Gasteiger partial charge in [0.05, 0.1) is 17.6 Å². The Hall–Kier alpha value is -1.39. The lowest BCUT2D eigenvalue weighted by Gasteiger charge is -2.08. The second-order valence-electron chi connectivity index (χ2n) is 4.53. The number of hydrogen-bond acceptors (Lipinski definition) is 1. The maximum Gasteiger partial charge on any atom is 0.141 e. The highest BCUT2D eigenvalue weighted by Gasteiger charge is 2.12. The first-order valence-electron chi connectivity index (χ1n) is 6.19. The molecule has 0 N–H and O–H groups in total. The Bertz CT molecular complexity index is 773. The van der Waals surface area contributed by atoms with Crippen LogP contribution in [0.25, 0.3) is 22.4 Å². The van der Waals surface area contributed by atoms with Crippen LogP contribution in [0.5, 0.6) is 0 Å². The standard InChI is InChI=1S/C16H12Br2N2/c1-11(17)10-20-15-5-3-2-4-14(15)19-16(20)12-6-8-13(18)9-7-12/h2-9H,1,10H2. The summed E-state index contributed by atoms with van der Waals surface area (Å²) < 4.78 is 4.17. The lowest BCUT2D eigenvalue weighted by molar-refractivity contribution is 0.855. The third kappa shape index (κ3) is 2.58. The first-order chi connectivity index (χ1) is 9.65. The van der Waals surface area contributed by atoms with E-state index in [1.54, 1.807) is 0 Å². The Morgan fingerprint density at radius 3 is 2.50 bits per heavy atom. The molecule has 4 heteroatoms. The van der Waals surface area contributed by atoms with Crippen LogP contribution in [-0.4, -0.2) is 9.55 Å². The molecule has 2 nitrogen and oxygen atoms in total. The smallest absolute Gasteiger partial charge is 0.141 e. The first kappa shape index (κ1) is 13.6. The number of hydrogen-bond donors (Lipinski definition) is 0. The van der Waals surface area contributed by atoms with Gasteiger partial charge in [-0.1, -0.05) is 62.7 Å². The van der Waals surface area contributed by atoms with Crippen LogP contribution in [0.4, 0.5) is 0 Å². The van der Waals surface area contributed by atoms with Gasteiger partial charge in [-0.15, -0.1) is 0 Å². The van der Waals surface area contributed by atoms with E-state index in [0.717, 1.165) is 31.4 Å². The Morgan fingerprint density at radius 2 is 1.80 bits per heavy atom. The first-order valence-corrected chi connectivity index (χ1v) is 7.78. The van der Waals surface area contributed by atoms with Crippen LogP contribution in [-0.2, 0) is 6.54 Å². The van der Waals surface area contributed by atoms with Gasteiger partial charge in [0, 0.05) is 14.5 Å². The van der Waals surface area contributed by atoms with Crippen LogP contribution in [0.3, 0.4) is 0 Å². The van der Waals surface area contributed by atoms with E-state index in [1.165, 1.54) is 0 Å². The molecule has 0 saturated carbocycles. The van der Waals surface area contributed by atoms with E-state index in [0.29, 0.717) is 6.54 Å². The highest BCUT2D eigenvalue weighted by molar-refractivity contribution is 9.11. The van der Waals surface area contributed by atoms with Gasteiger partial charge in [0.2, 0.25) is 0 Å². The maximum absolute atomic E-state index is 4.75. The van der Waals surface area contributed by atoms with E-state index in [-0.39, 0.29) is 0 Å². The third-order valence-electron chi connectivity index (χ3n) is 3.09. The second-order valence-corrected chi connectivity index (χ2v) is 6.57. The van der Waals surface area contributed by atoms with E-state index in [4.69, 9.17) is 4.98 Å². The molecule has 0 fully saturated rings. The van der Waals surface area contributed by atoms with E-state index in [2.05, 4.69) is 61.2 Å². The maximum atomic E-state index is 4.75. The van der Waals surface area contributed by atoms with Crippen LogP contribution in [0.1, 0.15) is 0 Å². The molecule has 3 rings (SSSR count). The summed E-state index contributed by atoms with van der Waals surface area (Å²) in [4.78, 5) is 4.75. The molecule has 1 heterocycles. The summed E-state index contributed by atoms with van der Waals surface area (Å²) in [6, 6.07) is 16.4. The fourth-order valence-electron chi connectivity index (χ4n) is 2.23. The quantitative estimate of drug-likeness (QED) is 0.586.